The summed E-state index contributed by atoms with van der Waals surface area (Å²) >= 11 is 0. The molecule has 1 aromatic heterocycles. The smallest absolute Gasteiger partial charge is 0.367 e. The number of pyridine rings is 1. The quantitative estimate of drug-likeness (QED) is 0.541. The van der Waals surface area contributed by atoms with Gasteiger partial charge in [-0.25, -0.2) is 0 Å². The van der Waals surface area contributed by atoms with Gasteiger partial charge in [0.1, 0.15) is 13.2 Å². The minimum Gasteiger partial charge on any atom is -0.367 e. The largest absolute Gasteiger partial charge is 0.411 e. The van der Waals surface area contributed by atoms with Gasteiger partial charge in [0.2, 0.25) is 5.91 Å². The molecule has 0 atom stereocenters. The highest BCUT2D eigenvalue weighted by Crippen LogP contribution is 2.15. The average molecular weight is 399 g/mol. The third-order valence-corrected chi connectivity index (χ3v) is 3.54. The van der Waals surface area contributed by atoms with Crippen LogP contribution in [0.3, 0.4) is 0 Å². The van der Waals surface area contributed by atoms with Crippen molar-refractivity contribution in [1.29, 1.82) is 0 Å². The van der Waals surface area contributed by atoms with Crippen molar-refractivity contribution in [3.63, 3.8) is 0 Å². The van der Waals surface area contributed by atoms with Crippen LogP contribution in [0, 0.1) is 10.1 Å². The summed E-state index contributed by atoms with van der Waals surface area (Å²) in [5, 5.41) is 13.3. The first-order chi connectivity index (χ1) is 13.1. The summed E-state index contributed by atoms with van der Waals surface area (Å²) in [4.78, 5) is 33.7. The number of nitrogens with zero attached hydrogens (tertiary/aromatic N) is 2. The lowest BCUT2D eigenvalue weighted by molar-refractivity contribution is -0.385. The Hall–Kier alpha value is -3.21. The number of ether oxygens (including phenoxy) is 1. The normalized spacial score (nSPS) is 11.2. The van der Waals surface area contributed by atoms with E-state index in [1.165, 1.54) is 0 Å². The van der Waals surface area contributed by atoms with E-state index < -0.39 is 29.2 Å². The van der Waals surface area contributed by atoms with Crippen molar-refractivity contribution < 1.29 is 27.6 Å². The Kier molecular flexibility index (Phi) is 6.88. The van der Waals surface area contributed by atoms with E-state index in [0.717, 1.165) is 22.9 Å². The van der Waals surface area contributed by atoms with Crippen molar-refractivity contribution in [2.24, 2.45) is 0 Å². The zero-order valence-corrected chi connectivity index (χ0v) is 14.4. The van der Waals surface area contributed by atoms with Gasteiger partial charge in [-0.15, -0.1) is 0 Å². The van der Waals surface area contributed by atoms with Crippen LogP contribution in [-0.4, -0.2) is 28.2 Å². The second-order valence-electron chi connectivity index (χ2n) is 5.81. The Balaban J connectivity index is 1.85. The maximum absolute atomic E-state index is 12.0. The number of halogens is 3. The predicted octanol–water partition coefficient (Wildman–Crippen LogP) is 2.15. The molecular weight excluding hydrogens is 383 g/mol. The van der Waals surface area contributed by atoms with Gasteiger partial charge in [0, 0.05) is 18.7 Å². The van der Waals surface area contributed by atoms with Gasteiger partial charge in [-0.05, 0) is 11.1 Å². The van der Waals surface area contributed by atoms with Gasteiger partial charge >= 0.3 is 6.18 Å². The number of aromatic nitrogens is 1. The molecule has 0 radical (unpaired) electrons. The molecule has 0 aliphatic rings. The minimum absolute atomic E-state index is 0.117. The molecule has 0 saturated heterocycles. The molecule has 0 fully saturated rings. The Bertz CT molecular complexity index is 894. The monoisotopic (exact) mass is 399 g/mol. The number of amides is 1. The van der Waals surface area contributed by atoms with E-state index in [-0.39, 0.29) is 25.4 Å². The first-order valence-corrected chi connectivity index (χ1v) is 7.98. The lowest BCUT2D eigenvalue weighted by Crippen LogP contribution is -2.31. The molecule has 11 heteroatoms. The Morgan fingerprint density at radius 2 is 1.79 bits per heavy atom. The van der Waals surface area contributed by atoms with Gasteiger partial charge in [-0.1, -0.05) is 24.3 Å². The van der Waals surface area contributed by atoms with E-state index in [0.29, 0.717) is 11.1 Å². The van der Waals surface area contributed by atoms with Crippen LogP contribution >= 0.6 is 0 Å². The number of hydrogen-bond acceptors (Lipinski definition) is 5. The number of hydrogen-bond donors (Lipinski definition) is 1. The zero-order valence-electron chi connectivity index (χ0n) is 14.4. The molecule has 28 heavy (non-hydrogen) atoms. The highest BCUT2D eigenvalue weighted by atomic mass is 19.4. The fourth-order valence-corrected chi connectivity index (χ4v) is 2.20. The van der Waals surface area contributed by atoms with E-state index in [4.69, 9.17) is 0 Å². The first-order valence-electron chi connectivity index (χ1n) is 7.98. The Morgan fingerprint density at radius 1 is 1.14 bits per heavy atom. The van der Waals surface area contributed by atoms with Crippen molar-refractivity contribution in [1.82, 2.24) is 9.88 Å². The molecule has 0 saturated carbocycles. The van der Waals surface area contributed by atoms with E-state index in [2.05, 4.69) is 10.1 Å². The molecule has 1 aromatic carbocycles. The molecular formula is C17H16F3N3O5. The topological polar surface area (TPSA) is 103 Å². The van der Waals surface area contributed by atoms with Gasteiger partial charge in [0.15, 0.2) is 0 Å². The van der Waals surface area contributed by atoms with Crippen LogP contribution in [0.5, 0.6) is 0 Å². The molecule has 1 heterocycles. The molecule has 2 rings (SSSR count). The number of nitrogens with one attached hydrogen (secondary N) is 1. The molecule has 1 amide bonds. The highest BCUT2D eigenvalue weighted by Gasteiger charge is 2.27. The molecule has 150 valence electrons. The predicted molar refractivity (Wildman–Crippen MR) is 91.4 cm³/mol. The lowest BCUT2D eigenvalue weighted by atomic mass is 10.1. The first kappa shape index (κ1) is 21.1. The van der Waals surface area contributed by atoms with E-state index in [1.807, 2.05) is 0 Å². The van der Waals surface area contributed by atoms with Crippen LogP contribution in [0.2, 0.25) is 0 Å². The van der Waals surface area contributed by atoms with Crippen LogP contribution < -0.4 is 10.9 Å². The van der Waals surface area contributed by atoms with Crippen LogP contribution in [0.25, 0.3) is 0 Å². The summed E-state index contributed by atoms with van der Waals surface area (Å²) in [5.74, 6) is -0.528. The number of nitro groups is 1. The van der Waals surface area contributed by atoms with E-state index in [9.17, 15) is 32.9 Å². The highest BCUT2D eigenvalue weighted by molar-refractivity contribution is 5.75. The van der Waals surface area contributed by atoms with Gasteiger partial charge in [-0.3, -0.25) is 24.3 Å². The number of carbonyl (C=O) groups excluding carboxylic acids is 1. The third kappa shape index (κ3) is 6.83. The van der Waals surface area contributed by atoms with Crippen molar-refractivity contribution in [2.45, 2.75) is 25.9 Å². The molecule has 2 aromatic rings. The fraction of sp³-hybridized carbons (Fsp3) is 0.294. The van der Waals surface area contributed by atoms with Crippen molar-refractivity contribution in [2.75, 3.05) is 6.61 Å². The third-order valence-electron chi connectivity index (χ3n) is 3.54. The molecule has 0 aliphatic carbocycles. The van der Waals surface area contributed by atoms with Crippen LogP contribution in [-0.2, 0) is 29.2 Å². The maximum atomic E-state index is 12.0. The van der Waals surface area contributed by atoms with Crippen molar-refractivity contribution in [3.05, 3.63) is 74.2 Å². The minimum atomic E-state index is -4.38. The SMILES string of the molecule is O=C(Cn1cc([N+](=O)[O-])ccc1=O)NCc1ccc(COCC(F)(F)F)cc1. The average Bonchev–Trinajstić information content (AvgIpc) is 2.61. The van der Waals surface area contributed by atoms with Gasteiger partial charge in [0.25, 0.3) is 11.2 Å². The summed E-state index contributed by atoms with van der Waals surface area (Å²) in [5.41, 5.74) is 0.362. The summed E-state index contributed by atoms with van der Waals surface area (Å²) in [6.45, 7) is -1.79. The van der Waals surface area contributed by atoms with Crippen LogP contribution in [0.4, 0.5) is 18.9 Å². The second kappa shape index (κ2) is 9.13. The van der Waals surface area contributed by atoms with Crippen molar-refractivity contribution >= 4 is 11.6 Å². The molecule has 0 spiro atoms. The maximum Gasteiger partial charge on any atom is 0.411 e. The molecule has 8 nitrogen and oxygen atoms in total. The van der Waals surface area contributed by atoms with Gasteiger partial charge < -0.3 is 10.1 Å². The Labute approximate surface area is 156 Å². The number of benzene rings is 1. The number of rotatable bonds is 8. The van der Waals surface area contributed by atoms with Gasteiger partial charge in [-0.2, -0.15) is 13.2 Å². The van der Waals surface area contributed by atoms with Gasteiger partial charge in [0.05, 0.1) is 17.7 Å². The zero-order chi connectivity index (χ0) is 20.7. The number of alkyl halides is 3. The molecule has 0 bridgehead atoms. The van der Waals surface area contributed by atoms with Crippen LogP contribution in [0.1, 0.15) is 11.1 Å². The summed E-state index contributed by atoms with van der Waals surface area (Å²) < 4.78 is 41.5. The molecule has 0 unspecified atom stereocenters. The van der Waals surface area contributed by atoms with E-state index >= 15 is 0 Å². The standard InChI is InChI=1S/C17H16F3N3O5/c18-17(19,20)11-28-10-13-3-1-12(2-4-13)7-21-15(24)9-22-8-14(23(26)27)5-6-16(22)25/h1-6,8H,7,9-11H2,(H,21,24). The number of carbonyl (C=O) groups is 1. The second-order valence-corrected chi connectivity index (χ2v) is 5.81. The van der Waals surface area contributed by atoms with Crippen LogP contribution in [0.15, 0.2) is 47.4 Å². The fourth-order valence-electron chi connectivity index (χ4n) is 2.20. The van der Waals surface area contributed by atoms with E-state index in [1.54, 1.807) is 24.3 Å². The summed E-state index contributed by atoms with van der Waals surface area (Å²) in [6.07, 6.45) is -3.40. The lowest BCUT2D eigenvalue weighted by Gasteiger charge is -2.09. The summed E-state index contributed by atoms with van der Waals surface area (Å²) in [7, 11) is 0. The molecule has 0 aliphatic heterocycles. The Morgan fingerprint density at radius 3 is 2.39 bits per heavy atom. The molecule has 1 N–H and O–H groups in total. The summed E-state index contributed by atoms with van der Waals surface area (Å²) in [6, 6.07) is 8.44. The van der Waals surface area contributed by atoms with Crippen molar-refractivity contribution in [3.8, 4) is 0 Å².